The van der Waals surface area contributed by atoms with E-state index in [0.29, 0.717) is 4.47 Å². The van der Waals surface area contributed by atoms with Crippen LogP contribution in [0.25, 0.3) is 22.1 Å². The van der Waals surface area contributed by atoms with Crippen LogP contribution in [-0.2, 0) is 6.18 Å². The van der Waals surface area contributed by atoms with Crippen LogP contribution in [-0.4, -0.2) is 6.61 Å². The van der Waals surface area contributed by atoms with Crippen molar-refractivity contribution in [3.63, 3.8) is 0 Å². The third kappa shape index (κ3) is 4.08. The molecule has 3 rings (SSSR count). The van der Waals surface area contributed by atoms with Gasteiger partial charge in [0, 0.05) is 10.5 Å². The largest absolute Gasteiger partial charge is 0.489 e. The molecular formula is C20H14BrF3O3. The van der Waals surface area contributed by atoms with Gasteiger partial charge < -0.3 is 9.15 Å². The number of ether oxygens (including phenoxy) is 1. The zero-order valence-electron chi connectivity index (χ0n) is 14.2. The summed E-state index contributed by atoms with van der Waals surface area (Å²) in [7, 11) is 0. The molecule has 0 radical (unpaired) electrons. The number of halogens is 4. The highest BCUT2D eigenvalue weighted by atomic mass is 79.9. The molecule has 0 aliphatic rings. The molecular weight excluding hydrogens is 425 g/mol. The second-order valence-corrected chi connectivity index (χ2v) is 6.96. The Morgan fingerprint density at radius 1 is 1.19 bits per heavy atom. The van der Waals surface area contributed by atoms with Gasteiger partial charge in [0.2, 0.25) is 11.2 Å². The minimum Gasteiger partial charge on any atom is -0.489 e. The first-order valence-corrected chi connectivity index (χ1v) is 8.67. The van der Waals surface area contributed by atoms with Crippen molar-refractivity contribution in [1.29, 1.82) is 0 Å². The normalized spacial score (nSPS) is 11.6. The summed E-state index contributed by atoms with van der Waals surface area (Å²) in [6, 6.07) is 10.2. The van der Waals surface area contributed by atoms with Gasteiger partial charge in [-0.25, -0.2) is 0 Å². The summed E-state index contributed by atoms with van der Waals surface area (Å²) in [5.74, 6) is -1.04. The second-order valence-electron chi connectivity index (χ2n) is 6.04. The maximum atomic E-state index is 13.6. The summed E-state index contributed by atoms with van der Waals surface area (Å²) in [5.41, 5.74) is -0.579. The Labute approximate surface area is 161 Å². The fourth-order valence-corrected chi connectivity index (χ4v) is 2.81. The lowest BCUT2D eigenvalue weighted by Crippen LogP contribution is -2.16. The van der Waals surface area contributed by atoms with Gasteiger partial charge in [0.25, 0.3) is 0 Å². The Balaban J connectivity index is 2.24. The van der Waals surface area contributed by atoms with Crippen LogP contribution in [0.1, 0.15) is 12.7 Å². The summed E-state index contributed by atoms with van der Waals surface area (Å²) in [4.78, 5) is 12.8. The molecule has 0 spiro atoms. The molecule has 0 saturated heterocycles. The van der Waals surface area contributed by atoms with Crippen molar-refractivity contribution in [2.75, 3.05) is 6.61 Å². The Kier molecular flexibility index (Phi) is 5.15. The second kappa shape index (κ2) is 7.23. The SMILES string of the molecule is C=C(C)COc1ccc2c(=O)c(-c3ccc(Br)cc3)c(C(F)(F)F)oc2c1. The molecule has 0 aliphatic heterocycles. The summed E-state index contributed by atoms with van der Waals surface area (Å²) in [5, 5.41) is 0.0450. The van der Waals surface area contributed by atoms with E-state index < -0.39 is 22.9 Å². The summed E-state index contributed by atoms with van der Waals surface area (Å²) in [6.45, 7) is 5.66. The fourth-order valence-electron chi connectivity index (χ4n) is 2.55. The minimum absolute atomic E-state index is 0.0450. The van der Waals surface area contributed by atoms with Crippen LogP contribution in [0.5, 0.6) is 5.75 Å². The van der Waals surface area contributed by atoms with E-state index in [0.717, 1.165) is 5.57 Å². The Morgan fingerprint density at radius 2 is 1.85 bits per heavy atom. The molecule has 3 nitrogen and oxygen atoms in total. The molecule has 0 aliphatic carbocycles. The van der Waals surface area contributed by atoms with Crippen molar-refractivity contribution >= 4 is 26.9 Å². The highest BCUT2D eigenvalue weighted by molar-refractivity contribution is 9.10. The smallest absolute Gasteiger partial charge is 0.450 e. The zero-order chi connectivity index (χ0) is 19.8. The van der Waals surface area contributed by atoms with Crippen LogP contribution >= 0.6 is 15.9 Å². The predicted octanol–water partition coefficient (Wildman–Crippen LogP) is 6.20. The Hall–Kier alpha value is -2.54. The molecule has 3 aromatic rings. The van der Waals surface area contributed by atoms with E-state index in [4.69, 9.17) is 9.15 Å². The molecule has 27 heavy (non-hydrogen) atoms. The van der Waals surface area contributed by atoms with Crippen molar-refractivity contribution < 1.29 is 22.3 Å². The molecule has 0 unspecified atom stereocenters. The molecule has 0 N–H and O–H groups in total. The van der Waals surface area contributed by atoms with Gasteiger partial charge in [0.1, 0.15) is 17.9 Å². The van der Waals surface area contributed by atoms with Gasteiger partial charge in [-0.1, -0.05) is 34.6 Å². The maximum absolute atomic E-state index is 13.6. The number of rotatable bonds is 4. The Morgan fingerprint density at radius 3 is 2.44 bits per heavy atom. The predicted molar refractivity (Wildman–Crippen MR) is 101 cm³/mol. The van der Waals surface area contributed by atoms with E-state index in [9.17, 15) is 18.0 Å². The number of hydrogen-bond donors (Lipinski definition) is 0. The molecule has 2 aromatic carbocycles. The van der Waals surface area contributed by atoms with E-state index in [1.54, 1.807) is 19.1 Å². The van der Waals surface area contributed by atoms with Crippen molar-refractivity contribution in [1.82, 2.24) is 0 Å². The first-order chi connectivity index (χ1) is 12.7. The molecule has 7 heteroatoms. The van der Waals surface area contributed by atoms with Gasteiger partial charge in [-0.3, -0.25) is 4.79 Å². The van der Waals surface area contributed by atoms with Crippen molar-refractivity contribution in [3.8, 4) is 16.9 Å². The van der Waals surface area contributed by atoms with Crippen molar-refractivity contribution in [3.05, 3.63) is 75.1 Å². The van der Waals surface area contributed by atoms with Crippen LogP contribution < -0.4 is 10.2 Å². The summed E-state index contributed by atoms with van der Waals surface area (Å²) in [6.07, 6.45) is -4.83. The van der Waals surface area contributed by atoms with Gasteiger partial charge in [0.15, 0.2) is 0 Å². The van der Waals surface area contributed by atoms with Gasteiger partial charge in [-0.2, -0.15) is 13.2 Å². The standard InChI is InChI=1S/C20H14BrF3O3/c1-11(2)10-26-14-7-8-15-16(9-14)27-19(20(22,23)24)17(18(15)25)12-3-5-13(21)6-4-12/h3-9H,1,10H2,2H3. The molecule has 0 fully saturated rings. The van der Waals surface area contributed by atoms with Crippen LogP contribution in [0, 0.1) is 0 Å². The number of benzene rings is 2. The third-order valence-electron chi connectivity index (χ3n) is 3.74. The fraction of sp³-hybridized carbons (Fsp3) is 0.150. The minimum atomic E-state index is -4.83. The highest BCUT2D eigenvalue weighted by Crippen LogP contribution is 2.38. The zero-order valence-corrected chi connectivity index (χ0v) is 15.8. The van der Waals surface area contributed by atoms with Crippen LogP contribution in [0.4, 0.5) is 13.2 Å². The maximum Gasteiger partial charge on any atom is 0.450 e. The molecule has 0 amide bonds. The Bertz CT molecular complexity index is 1070. The summed E-state index contributed by atoms with van der Waals surface area (Å²) >= 11 is 3.22. The van der Waals surface area contributed by atoms with Gasteiger partial charge in [-0.15, -0.1) is 0 Å². The topological polar surface area (TPSA) is 39.4 Å². The molecule has 0 saturated carbocycles. The monoisotopic (exact) mass is 438 g/mol. The van der Waals surface area contributed by atoms with Crippen LogP contribution in [0.15, 0.2) is 68.3 Å². The van der Waals surface area contributed by atoms with E-state index in [-0.39, 0.29) is 28.9 Å². The molecule has 0 atom stereocenters. The first kappa shape index (κ1) is 19.2. The first-order valence-electron chi connectivity index (χ1n) is 7.88. The lowest BCUT2D eigenvalue weighted by atomic mass is 10.0. The number of alkyl halides is 3. The summed E-state index contributed by atoms with van der Waals surface area (Å²) < 4.78 is 52.0. The van der Waals surface area contributed by atoms with Crippen molar-refractivity contribution in [2.24, 2.45) is 0 Å². The average molecular weight is 439 g/mol. The van der Waals surface area contributed by atoms with E-state index in [1.807, 2.05) is 0 Å². The van der Waals surface area contributed by atoms with Crippen LogP contribution in [0.2, 0.25) is 0 Å². The molecule has 140 valence electrons. The van der Waals surface area contributed by atoms with Crippen LogP contribution in [0.3, 0.4) is 0 Å². The number of fused-ring (bicyclic) bond motifs is 1. The van der Waals surface area contributed by atoms with E-state index in [1.165, 1.54) is 30.3 Å². The number of hydrogen-bond acceptors (Lipinski definition) is 3. The lowest BCUT2D eigenvalue weighted by molar-refractivity contribution is -0.152. The van der Waals surface area contributed by atoms with E-state index >= 15 is 0 Å². The average Bonchev–Trinajstić information content (AvgIpc) is 2.60. The quantitative estimate of drug-likeness (QED) is 0.455. The van der Waals surface area contributed by atoms with Gasteiger partial charge >= 0.3 is 6.18 Å². The molecule has 0 bridgehead atoms. The van der Waals surface area contributed by atoms with E-state index in [2.05, 4.69) is 22.5 Å². The van der Waals surface area contributed by atoms with Crippen molar-refractivity contribution in [2.45, 2.75) is 13.1 Å². The molecule has 1 heterocycles. The lowest BCUT2D eigenvalue weighted by Gasteiger charge is -2.13. The molecule has 1 aromatic heterocycles. The highest BCUT2D eigenvalue weighted by Gasteiger charge is 2.39. The third-order valence-corrected chi connectivity index (χ3v) is 4.27. The van der Waals surface area contributed by atoms with Gasteiger partial charge in [-0.05, 0) is 42.3 Å². The van der Waals surface area contributed by atoms with Gasteiger partial charge in [0.05, 0.1) is 10.9 Å².